The summed E-state index contributed by atoms with van der Waals surface area (Å²) >= 11 is 0. The Hall–Kier alpha value is -3.93. The summed E-state index contributed by atoms with van der Waals surface area (Å²) in [7, 11) is 3.25. The van der Waals surface area contributed by atoms with E-state index in [0.29, 0.717) is 24.5 Å². The number of rotatable bonds is 6. The molecule has 0 saturated carbocycles. The lowest BCUT2D eigenvalue weighted by Gasteiger charge is -2.30. The highest BCUT2D eigenvalue weighted by molar-refractivity contribution is 6.01. The Kier molecular flexibility index (Phi) is 6.36. The van der Waals surface area contributed by atoms with Gasteiger partial charge in [0, 0.05) is 17.7 Å². The van der Waals surface area contributed by atoms with Gasteiger partial charge in [-0.05, 0) is 66.8 Å². The minimum Gasteiger partial charge on any atom is -0.494 e. The van der Waals surface area contributed by atoms with Crippen molar-refractivity contribution in [3.63, 3.8) is 0 Å². The Morgan fingerprint density at radius 1 is 0.857 bits per heavy atom. The number of para-hydroxylation sites is 2. The Morgan fingerprint density at radius 2 is 1.57 bits per heavy atom. The Labute approximate surface area is 205 Å². The quantitative estimate of drug-likeness (QED) is 0.455. The second-order valence-corrected chi connectivity index (χ2v) is 8.78. The highest BCUT2D eigenvalue weighted by atomic mass is 16.5. The molecular formula is C29H30N2O4. The number of hydrogen-bond acceptors (Lipinski definition) is 6. The van der Waals surface area contributed by atoms with E-state index in [4.69, 9.17) is 14.2 Å². The fraction of sp³-hybridized carbons (Fsp3) is 0.276. The zero-order valence-corrected chi connectivity index (χ0v) is 20.3. The van der Waals surface area contributed by atoms with Crippen LogP contribution in [0.5, 0.6) is 17.2 Å². The van der Waals surface area contributed by atoms with Crippen LogP contribution in [-0.2, 0) is 4.79 Å². The highest BCUT2D eigenvalue weighted by Gasteiger charge is 2.36. The van der Waals surface area contributed by atoms with Crippen LogP contribution in [0.2, 0.25) is 0 Å². The number of benzene rings is 3. The summed E-state index contributed by atoms with van der Waals surface area (Å²) in [5, 5.41) is 7.22. The van der Waals surface area contributed by atoms with Crippen LogP contribution in [0.15, 0.2) is 78.0 Å². The number of ketones is 1. The topological polar surface area (TPSA) is 68.8 Å². The van der Waals surface area contributed by atoms with Crippen molar-refractivity contribution in [1.82, 2.24) is 0 Å². The maximum absolute atomic E-state index is 13.7. The SMILES string of the molecule is CCOc1ccc([C@H]2Nc3ccccc3NC3=C2C(=O)C[C@H](c2ccc(OC)c(OC)c2)C3)cc1. The predicted molar refractivity (Wildman–Crippen MR) is 138 cm³/mol. The van der Waals surface area contributed by atoms with E-state index >= 15 is 0 Å². The summed E-state index contributed by atoms with van der Waals surface area (Å²) in [5.74, 6) is 2.35. The van der Waals surface area contributed by atoms with E-state index in [-0.39, 0.29) is 17.7 Å². The van der Waals surface area contributed by atoms with Crippen molar-refractivity contribution in [2.24, 2.45) is 0 Å². The molecule has 2 atom stereocenters. The van der Waals surface area contributed by atoms with Crippen molar-refractivity contribution in [3.05, 3.63) is 89.1 Å². The Bertz CT molecular complexity index is 1270. The monoisotopic (exact) mass is 470 g/mol. The molecule has 0 saturated heterocycles. The second kappa shape index (κ2) is 9.74. The van der Waals surface area contributed by atoms with Gasteiger partial charge >= 0.3 is 0 Å². The van der Waals surface area contributed by atoms with Gasteiger partial charge in [-0.15, -0.1) is 0 Å². The first-order valence-electron chi connectivity index (χ1n) is 11.9. The number of fused-ring (bicyclic) bond motifs is 1. The van der Waals surface area contributed by atoms with E-state index in [1.165, 1.54) is 0 Å². The van der Waals surface area contributed by atoms with E-state index in [1.54, 1.807) is 14.2 Å². The molecule has 0 radical (unpaired) electrons. The summed E-state index contributed by atoms with van der Waals surface area (Å²) in [6.07, 6.45) is 1.15. The number of anilines is 2. The molecule has 2 aliphatic rings. The molecule has 6 nitrogen and oxygen atoms in total. The van der Waals surface area contributed by atoms with Gasteiger partial charge < -0.3 is 24.8 Å². The molecule has 0 fully saturated rings. The van der Waals surface area contributed by atoms with Crippen molar-refractivity contribution in [1.29, 1.82) is 0 Å². The molecule has 0 amide bonds. The minimum absolute atomic E-state index is 0.0415. The van der Waals surface area contributed by atoms with Crippen LogP contribution in [-0.4, -0.2) is 26.6 Å². The lowest BCUT2D eigenvalue weighted by Crippen LogP contribution is -2.26. The molecule has 0 unspecified atom stereocenters. The number of carbonyl (C=O) groups excluding carboxylic acids is 1. The average Bonchev–Trinajstić information content (AvgIpc) is 3.06. The Morgan fingerprint density at radius 3 is 2.29 bits per heavy atom. The molecule has 3 aromatic carbocycles. The number of allylic oxidation sites excluding steroid dienone is 1. The summed E-state index contributed by atoms with van der Waals surface area (Å²) < 4.78 is 16.5. The van der Waals surface area contributed by atoms with Gasteiger partial charge in [-0.3, -0.25) is 4.79 Å². The van der Waals surface area contributed by atoms with Crippen molar-refractivity contribution in [3.8, 4) is 17.2 Å². The number of hydrogen-bond donors (Lipinski definition) is 2. The lowest BCUT2D eigenvalue weighted by molar-refractivity contribution is -0.116. The molecule has 1 aliphatic heterocycles. The van der Waals surface area contributed by atoms with Gasteiger partial charge in [0.25, 0.3) is 0 Å². The molecule has 1 aliphatic carbocycles. The third kappa shape index (κ3) is 4.44. The van der Waals surface area contributed by atoms with Gasteiger partial charge in [-0.2, -0.15) is 0 Å². The van der Waals surface area contributed by atoms with Crippen molar-refractivity contribution < 1.29 is 19.0 Å². The average molecular weight is 471 g/mol. The van der Waals surface area contributed by atoms with Crippen LogP contribution >= 0.6 is 0 Å². The summed E-state index contributed by atoms with van der Waals surface area (Å²) in [6, 6.07) is 21.7. The van der Waals surface area contributed by atoms with Gasteiger partial charge in [0.15, 0.2) is 17.3 Å². The van der Waals surface area contributed by atoms with E-state index in [2.05, 4.69) is 10.6 Å². The molecule has 2 N–H and O–H groups in total. The van der Waals surface area contributed by atoms with E-state index in [9.17, 15) is 4.79 Å². The lowest BCUT2D eigenvalue weighted by atomic mass is 9.78. The fourth-order valence-corrected chi connectivity index (χ4v) is 5.01. The second-order valence-electron chi connectivity index (χ2n) is 8.78. The van der Waals surface area contributed by atoms with Gasteiger partial charge in [-0.25, -0.2) is 0 Å². The molecular weight excluding hydrogens is 440 g/mol. The van der Waals surface area contributed by atoms with Gasteiger partial charge in [0.05, 0.1) is 38.2 Å². The van der Waals surface area contributed by atoms with Gasteiger partial charge in [0.2, 0.25) is 0 Å². The molecule has 180 valence electrons. The van der Waals surface area contributed by atoms with Crippen molar-refractivity contribution in [2.75, 3.05) is 31.5 Å². The number of methoxy groups -OCH3 is 2. The molecule has 1 heterocycles. The number of nitrogens with one attached hydrogen (secondary N) is 2. The zero-order valence-electron chi connectivity index (χ0n) is 20.3. The maximum Gasteiger partial charge on any atom is 0.163 e. The van der Waals surface area contributed by atoms with E-state index < -0.39 is 0 Å². The molecule has 35 heavy (non-hydrogen) atoms. The third-order valence-corrected chi connectivity index (χ3v) is 6.71. The van der Waals surface area contributed by atoms with Crippen molar-refractivity contribution in [2.45, 2.75) is 31.7 Å². The molecule has 5 rings (SSSR count). The number of Topliss-reactive ketones (excluding diaryl/α,β-unsaturated/α-hetero) is 1. The summed E-state index contributed by atoms with van der Waals surface area (Å²) in [6.45, 7) is 2.58. The smallest absolute Gasteiger partial charge is 0.163 e. The fourth-order valence-electron chi connectivity index (χ4n) is 5.01. The molecule has 6 heteroatoms. The Balaban J connectivity index is 1.55. The molecule has 0 bridgehead atoms. The predicted octanol–water partition coefficient (Wildman–Crippen LogP) is 6.08. The van der Waals surface area contributed by atoms with E-state index in [0.717, 1.165) is 45.9 Å². The normalized spacial score (nSPS) is 19.0. The standard InChI is InChI=1S/C29H30N2O4/c1-4-35-21-12-9-18(10-13-21)29-28-24(30-22-7-5-6-8-23(22)31-29)15-20(16-25(28)32)19-11-14-26(33-2)27(17-19)34-3/h5-14,17,20,29-31H,4,15-16H2,1-3H3/t20-,29-/m1/s1. The van der Waals surface area contributed by atoms with Crippen LogP contribution in [0.3, 0.4) is 0 Å². The highest BCUT2D eigenvalue weighted by Crippen LogP contribution is 2.45. The summed E-state index contributed by atoms with van der Waals surface area (Å²) in [5.41, 5.74) is 5.77. The number of carbonyl (C=O) groups is 1. The maximum atomic E-state index is 13.7. The summed E-state index contributed by atoms with van der Waals surface area (Å²) in [4.78, 5) is 13.7. The van der Waals surface area contributed by atoms with Crippen LogP contribution in [0, 0.1) is 0 Å². The first kappa shape index (κ1) is 22.8. The largest absolute Gasteiger partial charge is 0.494 e. The van der Waals surface area contributed by atoms with E-state index in [1.807, 2.05) is 73.7 Å². The molecule has 0 spiro atoms. The van der Waals surface area contributed by atoms with Crippen molar-refractivity contribution >= 4 is 17.2 Å². The van der Waals surface area contributed by atoms with Crippen LogP contribution in [0.4, 0.5) is 11.4 Å². The first-order chi connectivity index (χ1) is 17.1. The van der Waals surface area contributed by atoms with Gasteiger partial charge in [0.1, 0.15) is 5.75 Å². The molecule has 0 aromatic heterocycles. The van der Waals surface area contributed by atoms with Gasteiger partial charge in [-0.1, -0.05) is 30.3 Å². The molecule has 3 aromatic rings. The zero-order chi connectivity index (χ0) is 24.4. The third-order valence-electron chi connectivity index (χ3n) is 6.71. The van der Waals surface area contributed by atoms with Crippen LogP contribution in [0.1, 0.15) is 42.9 Å². The van der Waals surface area contributed by atoms with Crippen LogP contribution in [0.25, 0.3) is 0 Å². The minimum atomic E-state index is -0.254. The first-order valence-corrected chi connectivity index (χ1v) is 11.9. The van der Waals surface area contributed by atoms with Crippen LogP contribution < -0.4 is 24.8 Å². The number of ether oxygens (including phenoxy) is 3.